The van der Waals surface area contributed by atoms with E-state index in [4.69, 9.17) is 16.3 Å². The molecule has 0 aliphatic carbocycles. The number of aryl methyl sites for hydroxylation is 2. The van der Waals surface area contributed by atoms with Gasteiger partial charge in [0.2, 0.25) is 15.9 Å². The number of benzene rings is 2. The molecule has 2 atom stereocenters. The summed E-state index contributed by atoms with van der Waals surface area (Å²) in [7, 11) is -2.36. The fourth-order valence-corrected chi connectivity index (χ4v) is 4.59. The van der Waals surface area contributed by atoms with Gasteiger partial charge in [0.05, 0.1) is 25.1 Å². The Kier molecular flexibility index (Phi) is 7.19. The van der Waals surface area contributed by atoms with Crippen LogP contribution >= 0.6 is 11.6 Å². The normalized spacial score (nSPS) is 13.5. The average molecular weight is 439 g/mol. The van der Waals surface area contributed by atoms with E-state index in [1.165, 1.54) is 20.1 Å². The molecule has 0 aromatic heterocycles. The van der Waals surface area contributed by atoms with E-state index in [9.17, 15) is 13.2 Å². The van der Waals surface area contributed by atoms with Crippen molar-refractivity contribution in [3.63, 3.8) is 0 Å². The van der Waals surface area contributed by atoms with Gasteiger partial charge in [-0.05, 0) is 57.0 Å². The summed E-state index contributed by atoms with van der Waals surface area (Å²) in [6.07, 6.45) is 1.05. The van der Waals surface area contributed by atoms with E-state index in [2.05, 4.69) is 5.32 Å². The minimum atomic E-state index is -3.79. The number of sulfonamides is 1. The minimum Gasteiger partial charge on any atom is -0.495 e. The molecule has 0 unspecified atom stereocenters. The number of carbonyl (C=O) groups is 1. The van der Waals surface area contributed by atoms with Crippen LogP contribution in [0.15, 0.2) is 36.4 Å². The highest BCUT2D eigenvalue weighted by Gasteiger charge is 2.32. The molecular weight excluding hydrogens is 412 g/mol. The van der Waals surface area contributed by atoms with Gasteiger partial charge in [-0.2, -0.15) is 0 Å². The Labute approximate surface area is 177 Å². The molecule has 2 rings (SSSR count). The Bertz CT molecular complexity index is 1010. The summed E-state index contributed by atoms with van der Waals surface area (Å²) in [6.45, 7) is 7.36. The topological polar surface area (TPSA) is 75.7 Å². The molecule has 1 N–H and O–H groups in total. The van der Waals surface area contributed by atoms with Crippen LogP contribution in [0.3, 0.4) is 0 Å². The monoisotopic (exact) mass is 438 g/mol. The zero-order chi connectivity index (χ0) is 21.9. The zero-order valence-electron chi connectivity index (χ0n) is 17.5. The van der Waals surface area contributed by atoms with Gasteiger partial charge in [0.15, 0.2) is 0 Å². The molecule has 2 aromatic rings. The largest absolute Gasteiger partial charge is 0.495 e. The molecule has 158 valence electrons. The van der Waals surface area contributed by atoms with Crippen molar-refractivity contribution in [1.29, 1.82) is 0 Å². The van der Waals surface area contributed by atoms with Crippen molar-refractivity contribution in [3.8, 4) is 5.75 Å². The molecule has 8 heteroatoms. The van der Waals surface area contributed by atoms with Gasteiger partial charge in [-0.3, -0.25) is 9.10 Å². The summed E-state index contributed by atoms with van der Waals surface area (Å²) in [5, 5.41) is 3.26. The zero-order valence-corrected chi connectivity index (χ0v) is 19.1. The summed E-state index contributed by atoms with van der Waals surface area (Å²) >= 11 is 6.07. The van der Waals surface area contributed by atoms with Crippen molar-refractivity contribution in [1.82, 2.24) is 5.32 Å². The van der Waals surface area contributed by atoms with E-state index in [0.717, 1.165) is 27.3 Å². The molecular formula is C21H27ClN2O4S. The van der Waals surface area contributed by atoms with Gasteiger partial charge in [0.25, 0.3) is 0 Å². The van der Waals surface area contributed by atoms with Crippen molar-refractivity contribution in [2.24, 2.45) is 0 Å². The standard InChI is InChI=1S/C21H27ClN2O4S/c1-13-7-8-14(2)18(11-13)15(3)23-21(25)16(4)24(29(6,26)27)19-12-17(22)9-10-20(19)28-5/h7-12,15-16H,1-6H3,(H,23,25)/t15-,16+/m0/s1. The molecule has 0 saturated heterocycles. The maximum Gasteiger partial charge on any atom is 0.244 e. The summed E-state index contributed by atoms with van der Waals surface area (Å²) in [4.78, 5) is 13.0. The molecule has 2 aromatic carbocycles. The highest BCUT2D eigenvalue weighted by atomic mass is 35.5. The van der Waals surface area contributed by atoms with Crippen LogP contribution < -0.4 is 14.4 Å². The lowest BCUT2D eigenvalue weighted by molar-refractivity contribution is -0.122. The first-order valence-corrected chi connectivity index (χ1v) is 11.4. The van der Waals surface area contributed by atoms with Crippen LogP contribution in [0.1, 0.15) is 36.6 Å². The van der Waals surface area contributed by atoms with Crippen molar-refractivity contribution < 1.29 is 17.9 Å². The number of carbonyl (C=O) groups excluding carboxylic acids is 1. The predicted octanol–water partition coefficient (Wildman–Crippen LogP) is 4.00. The first-order chi connectivity index (χ1) is 13.5. The average Bonchev–Trinajstić information content (AvgIpc) is 2.62. The van der Waals surface area contributed by atoms with Crippen LogP contribution in [0.2, 0.25) is 5.02 Å². The number of rotatable bonds is 7. The van der Waals surface area contributed by atoms with Gasteiger partial charge >= 0.3 is 0 Å². The van der Waals surface area contributed by atoms with Gasteiger partial charge in [-0.25, -0.2) is 8.42 Å². The van der Waals surface area contributed by atoms with Gasteiger partial charge in [-0.1, -0.05) is 35.4 Å². The molecule has 0 heterocycles. The number of hydrogen-bond donors (Lipinski definition) is 1. The Balaban J connectivity index is 2.37. The van der Waals surface area contributed by atoms with Gasteiger partial charge < -0.3 is 10.1 Å². The van der Waals surface area contributed by atoms with Crippen molar-refractivity contribution in [2.75, 3.05) is 17.7 Å². The summed E-state index contributed by atoms with van der Waals surface area (Å²) in [6, 6.07) is 9.36. The van der Waals surface area contributed by atoms with Crippen molar-refractivity contribution >= 4 is 33.2 Å². The molecule has 0 radical (unpaired) electrons. The molecule has 0 spiro atoms. The maximum absolute atomic E-state index is 13.0. The van der Waals surface area contributed by atoms with Crippen LogP contribution in [0.4, 0.5) is 5.69 Å². The second kappa shape index (κ2) is 9.05. The highest BCUT2D eigenvalue weighted by Crippen LogP contribution is 2.34. The highest BCUT2D eigenvalue weighted by molar-refractivity contribution is 7.92. The molecule has 1 amide bonds. The third kappa shape index (κ3) is 5.42. The number of nitrogens with one attached hydrogen (secondary N) is 1. The van der Waals surface area contributed by atoms with E-state index >= 15 is 0 Å². The number of halogens is 1. The van der Waals surface area contributed by atoms with Crippen LogP contribution in [-0.4, -0.2) is 33.7 Å². The predicted molar refractivity (Wildman–Crippen MR) is 117 cm³/mol. The smallest absolute Gasteiger partial charge is 0.244 e. The fraction of sp³-hybridized carbons (Fsp3) is 0.381. The lowest BCUT2D eigenvalue weighted by atomic mass is 10.00. The lowest BCUT2D eigenvalue weighted by Gasteiger charge is -2.30. The summed E-state index contributed by atoms with van der Waals surface area (Å²) in [5.74, 6) is -0.118. The Hall–Kier alpha value is -2.25. The second-order valence-electron chi connectivity index (χ2n) is 7.14. The number of hydrogen-bond acceptors (Lipinski definition) is 4. The lowest BCUT2D eigenvalue weighted by Crippen LogP contribution is -2.48. The molecule has 29 heavy (non-hydrogen) atoms. The summed E-state index contributed by atoms with van der Waals surface area (Å²) < 4.78 is 31.4. The fourth-order valence-electron chi connectivity index (χ4n) is 3.25. The Morgan fingerprint density at radius 3 is 2.38 bits per heavy atom. The van der Waals surface area contributed by atoms with E-state index in [1.54, 1.807) is 12.1 Å². The molecule has 0 aliphatic heterocycles. The van der Waals surface area contributed by atoms with Crippen LogP contribution in [-0.2, 0) is 14.8 Å². The number of ether oxygens (including phenoxy) is 1. The molecule has 0 saturated carbocycles. The number of anilines is 1. The molecule has 6 nitrogen and oxygen atoms in total. The third-order valence-corrected chi connectivity index (χ3v) is 6.19. The number of amides is 1. The molecule has 0 fully saturated rings. The van der Waals surface area contributed by atoms with E-state index in [1.807, 2.05) is 39.0 Å². The minimum absolute atomic E-state index is 0.213. The number of nitrogens with zero attached hydrogens (tertiary/aromatic N) is 1. The molecule has 0 bridgehead atoms. The van der Waals surface area contributed by atoms with Gasteiger partial charge in [-0.15, -0.1) is 0 Å². The molecule has 0 aliphatic rings. The Morgan fingerprint density at radius 2 is 1.79 bits per heavy atom. The first kappa shape index (κ1) is 23.0. The van der Waals surface area contributed by atoms with Crippen molar-refractivity contribution in [3.05, 3.63) is 58.1 Å². The summed E-state index contributed by atoms with van der Waals surface area (Å²) in [5.41, 5.74) is 3.33. The van der Waals surface area contributed by atoms with Crippen LogP contribution in [0.5, 0.6) is 5.75 Å². The van der Waals surface area contributed by atoms with E-state index in [0.29, 0.717) is 10.8 Å². The quantitative estimate of drug-likeness (QED) is 0.708. The number of methoxy groups -OCH3 is 1. The third-order valence-electron chi connectivity index (χ3n) is 4.73. The second-order valence-corrected chi connectivity index (χ2v) is 9.44. The van der Waals surface area contributed by atoms with Crippen LogP contribution in [0.25, 0.3) is 0 Å². The van der Waals surface area contributed by atoms with Gasteiger partial charge in [0, 0.05) is 5.02 Å². The van der Waals surface area contributed by atoms with E-state index in [-0.39, 0.29) is 11.7 Å². The van der Waals surface area contributed by atoms with Crippen molar-refractivity contribution in [2.45, 2.75) is 39.8 Å². The Morgan fingerprint density at radius 1 is 1.14 bits per heavy atom. The maximum atomic E-state index is 13.0. The van der Waals surface area contributed by atoms with E-state index < -0.39 is 22.0 Å². The first-order valence-electron chi connectivity index (χ1n) is 9.16. The SMILES string of the molecule is COc1ccc(Cl)cc1N([C@H](C)C(=O)N[C@@H](C)c1cc(C)ccc1C)S(C)(=O)=O. The van der Waals surface area contributed by atoms with Crippen LogP contribution in [0, 0.1) is 13.8 Å². The van der Waals surface area contributed by atoms with Gasteiger partial charge in [0.1, 0.15) is 11.8 Å².